The van der Waals surface area contributed by atoms with E-state index in [1.807, 2.05) is 12.1 Å². The van der Waals surface area contributed by atoms with E-state index < -0.39 is 0 Å². The van der Waals surface area contributed by atoms with Gasteiger partial charge < -0.3 is 10.1 Å². The van der Waals surface area contributed by atoms with Crippen molar-refractivity contribution in [2.24, 2.45) is 5.92 Å². The lowest BCUT2D eigenvalue weighted by molar-refractivity contribution is 0.349. The number of nitrogens with one attached hydrogen (secondary N) is 1. The van der Waals surface area contributed by atoms with Crippen LogP contribution in [-0.4, -0.2) is 19.2 Å². The van der Waals surface area contributed by atoms with Crippen molar-refractivity contribution in [3.05, 3.63) is 29.6 Å². The topological polar surface area (TPSA) is 21.3 Å². The van der Waals surface area contributed by atoms with Gasteiger partial charge in [-0.05, 0) is 50.8 Å². The predicted octanol–water partition coefficient (Wildman–Crippen LogP) is 3.96. The van der Waals surface area contributed by atoms with E-state index in [2.05, 4.69) is 39.9 Å². The van der Waals surface area contributed by atoms with Gasteiger partial charge in [0.15, 0.2) is 11.6 Å². The fourth-order valence-electron chi connectivity index (χ4n) is 1.99. The molecule has 0 bridgehead atoms. The highest BCUT2D eigenvalue weighted by molar-refractivity contribution is 5.33. The maximum Gasteiger partial charge on any atom is 0.168 e. The first-order valence-corrected chi connectivity index (χ1v) is 6.83. The Bertz CT molecular complexity index is 412. The summed E-state index contributed by atoms with van der Waals surface area (Å²) in [6, 6.07) is 5.34. The fraction of sp³-hybridized carbons (Fsp3) is 0.625. The van der Waals surface area contributed by atoms with Gasteiger partial charge in [0.05, 0.1) is 7.11 Å². The summed E-state index contributed by atoms with van der Waals surface area (Å²) in [5, 5.41) is 3.47. The van der Waals surface area contributed by atoms with Crippen LogP contribution in [0.15, 0.2) is 18.2 Å². The van der Waals surface area contributed by atoms with Crippen molar-refractivity contribution in [2.75, 3.05) is 13.7 Å². The Morgan fingerprint density at radius 1 is 1.26 bits per heavy atom. The predicted molar refractivity (Wildman–Crippen MR) is 78.3 cm³/mol. The third-order valence-electron chi connectivity index (χ3n) is 3.51. The molecule has 1 rings (SSSR count). The molecule has 0 aliphatic carbocycles. The van der Waals surface area contributed by atoms with Crippen molar-refractivity contribution in [2.45, 2.75) is 46.1 Å². The number of hydrogen-bond donors (Lipinski definition) is 1. The summed E-state index contributed by atoms with van der Waals surface area (Å²) < 4.78 is 19.3. The third kappa shape index (κ3) is 4.50. The molecule has 0 fully saturated rings. The molecule has 108 valence electrons. The summed E-state index contributed by atoms with van der Waals surface area (Å²) in [4.78, 5) is 0. The lowest BCUT2D eigenvalue weighted by Gasteiger charge is -2.27. The molecule has 1 aromatic carbocycles. The van der Waals surface area contributed by atoms with Crippen LogP contribution in [0.1, 0.15) is 46.1 Å². The summed E-state index contributed by atoms with van der Waals surface area (Å²) in [7, 11) is 1.50. The highest BCUT2D eigenvalue weighted by Gasteiger charge is 2.21. The molecule has 0 aliphatic heterocycles. The van der Waals surface area contributed by atoms with Gasteiger partial charge in [-0.15, -0.1) is 0 Å². The van der Waals surface area contributed by atoms with Gasteiger partial charge in [0.1, 0.15) is 0 Å². The van der Waals surface area contributed by atoms with Gasteiger partial charge in [-0.3, -0.25) is 0 Å². The van der Waals surface area contributed by atoms with Gasteiger partial charge in [-0.1, -0.05) is 26.0 Å². The van der Waals surface area contributed by atoms with Gasteiger partial charge in [-0.2, -0.15) is 0 Å². The average molecular weight is 267 g/mol. The summed E-state index contributed by atoms with van der Waals surface area (Å²) in [6.45, 7) is 11.5. The van der Waals surface area contributed by atoms with Crippen LogP contribution >= 0.6 is 0 Å². The number of halogens is 1. The highest BCUT2D eigenvalue weighted by atomic mass is 19.1. The van der Waals surface area contributed by atoms with E-state index in [0.717, 1.165) is 12.1 Å². The van der Waals surface area contributed by atoms with Gasteiger partial charge >= 0.3 is 0 Å². The van der Waals surface area contributed by atoms with Crippen molar-refractivity contribution in [1.82, 2.24) is 5.32 Å². The van der Waals surface area contributed by atoms with Crippen LogP contribution in [0.5, 0.6) is 5.75 Å². The zero-order valence-electron chi connectivity index (χ0n) is 12.9. The van der Waals surface area contributed by atoms with E-state index >= 15 is 0 Å². The molecular formula is C16H26FNO. The van der Waals surface area contributed by atoms with Crippen LogP contribution in [-0.2, 0) is 0 Å². The molecule has 0 saturated carbocycles. The van der Waals surface area contributed by atoms with E-state index in [9.17, 15) is 4.39 Å². The molecule has 19 heavy (non-hydrogen) atoms. The number of ether oxygens (including phenoxy) is 1. The van der Waals surface area contributed by atoms with Crippen molar-refractivity contribution in [3.8, 4) is 5.75 Å². The lowest BCUT2D eigenvalue weighted by Crippen LogP contribution is -2.39. The Morgan fingerprint density at radius 3 is 2.42 bits per heavy atom. The number of hydrogen-bond acceptors (Lipinski definition) is 2. The molecule has 0 saturated heterocycles. The first-order valence-electron chi connectivity index (χ1n) is 6.83. The monoisotopic (exact) mass is 267 g/mol. The molecule has 0 spiro atoms. The second-order valence-corrected chi connectivity index (χ2v) is 6.26. The molecular weight excluding hydrogens is 241 g/mol. The van der Waals surface area contributed by atoms with Gasteiger partial charge in [0, 0.05) is 5.54 Å². The highest BCUT2D eigenvalue weighted by Crippen LogP contribution is 2.30. The van der Waals surface area contributed by atoms with Crippen LogP contribution in [0, 0.1) is 11.7 Å². The summed E-state index contributed by atoms with van der Waals surface area (Å²) >= 11 is 0. The van der Waals surface area contributed by atoms with Crippen LogP contribution < -0.4 is 10.1 Å². The average Bonchev–Trinajstić information content (AvgIpc) is 2.34. The molecule has 0 radical (unpaired) electrons. The molecule has 2 atom stereocenters. The molecule has 0 amide bonds. The van der Waals surface area contributed by atoms with Gasteiger partial charge in [0.2, 0.25) is 0 Å². The Morgan fingerprint density at radius 2 is 1.89 bits per heavy atom. The Balaban J connectivity index is 2.79. The zero-order valence-corrected chi connectivity index (χ0v) is 12.9. The first-order chi connectivity index (χ1) is 8.76. The molecule has 1 N–H and O–H groups in total. The van der Waals surface area contributed by atoms with E-state index in [1.165, 1.54) is 7.11 Å². The van der Waals surface area contributed by atoms with E-state index in [-0.39, 0.29) is 17.3 Å². The second kappa shape index (κ2) is 6.38. The standard InChI is InChI=1S/C16H26FNO/c1-11(10-18-16(3,4)5)12(2)13-8-7-9-14(19-6)15(13)17/h7-9,11-12,18H,10H2,1-6H3. The normalized spacial score (nSPS) is 15.1. The Kier molecular flexibility index (Phi) is 5.36. The number of benzene rings is 1. The largest absolute Gasteiger partial charge is 0.494 e. The van der Waals surface area contributed by atoms with Crippen LogP contribution in [0.3, 0.4) is 0 Å². The summed E-state index contributed by atoms with van der Waals surface area (Å²) in [6.07, 6.45) is 0. The lowest BCUT2D eigenvalue weighted by atomic mass is 9.88. The van der Waals surface area contributed by atoms with Crippen molar-refractivity contribution in [3.63, 3.8) is 0 Å². The van der Waals surface area contributed by atoms with Crippen LogP contribution in [0.25, 0.3) is 0 Å². The Labute approximate surface area is 116 Å². The van der Waals surface area contributed by atoms with Crippen molar-refractivity contribution in [1.29, 1.82) is 0 Å². The maximum atomic E-state index is 14.2. The second-order valence-electron chi connectivity index (χ2n) is 6.26. The van der Waals surface area contributed by atoms with Crippen LogP contribution in [0.4, 0.5) is 4.39 Å². The summed E-state index contributed by atoms with van der Waals surface area (Å²) in [5.41, 5.74) is 0.809. The number of methoxy groups -OCH3 is 1. The minimum Gasteiger partial charge on any atom is -0.494 e. The SMILES string of the molecule is COc1cccc(C(C)C(C)CNC(C)(C)C)c1F. The van der Waals surface area contributed by atoms with Gasteiger partial charge in [-0.25, -0.2) is 4.39 Å². The molecule has 0 aromatic heterocycles. The maximum absolute atomic E-state index is 14.2. The number of rotatable bonds is 5. The van der Waals surface area contributed by atoms with E-state index in [0.29, 0.717) is 11.7 Å². The van der Waals surface area contributed by atoms with E-state index in [4.69, 9.17) is 4.74 Å². The molecule has 2 unspecified atom stereocenters. The first kappa shape index (κ1) is 16.0. The van der Waals surface area contributed by atoms with Crippen molar-refractivity contribution < 1.29 is 9.13 Å². The minimum absolute atomic E-state index is 0.0842. The quantitative estimate of drug-likeness (QED) is 0.872. The third-order valence-corrected chi connectivity index (χ3v) is 3.51. The molecule has 0 aliphatic rings. The van der Waals surface area contributed by atoms with Gasteiger partial charge in [0.25, 0.3) is 0 Å². The molecule has 3 heteroatoms. The zero-order chi connectivity index (χ0) is 14.6. The summed E-state index contributed by atoms with van der Waals surface area (Å²) in [5.74, 6) is 0.575. The smallest absolute Gasteiger partial charge is 0.168 e. The minimum atomic E-state index is -0.236. The molecule has 1 aromatic rings. The molecule has 2 nitrogen and oxygen atoms in total. The van der Waals surface area contributed by atoms with Crippen molar-refractivity contribution >= 4 is 0 Å². The van der Waals surface area contributed by atoms with E-state index in [1.54, 1.807) is 6.07 Å². The molecule has 0 heterocycles. The fourth-order valence-corrected chi connectivity index (χ4v) is 1.99. The van der Waals surface area contributed by atoms with Crippen LogP contribution in [0.2, 0.25) is 0 Å². The Hall–Kier alpha value is -1.09.